The van der Waals surface area contributed by atoms with E-state index in [2.05, 4.69) is 25.1 Å². The summed E-state index contributed by atoms with van der Waals surface area (Å²) in [5.74, 6) is 1.67. The lowest BCUT2D eigenvalue weighted by Gasteiger charge is -2.26. The van der Waals surface area contributed by atoms with Gasteiger partial charge in [0.05, 0.1) is 12.7 Å². The summed E-state index contributed by atoms with van der Waals surface area (Å²) in [5, 5.41) is 9.75. The van der Waals surface area contributed by atoms with E-state index in [-0.39, 0.29) is 6.10 Å². The van der Waals surface area contributed by atoms with Gasteiger partial charge in [-0.25, -0.2) is 0 Å². The van der Waals surface area contributed by atoms with Crippen molar-refractivity contribution in [3.63, 3.8) is 0 Å². The number of hydrogen-bond donors (Lipinski definition) is 1. The molecule has 2 unspecified atom stereocenters. The van der Waals surface area contributed by atoms with Crippen LogP contribution in [0.1, 0.15) is 56.9 Å². The Bertz CT molecular complexity index is 362. The van der Waals surface area contributed by atoms with Crippen molar-refractivity contribution in [1.29, 1.82) is 0 Å². The SMILES string of the molecule is CCCC(O)CCCC1CCOc2ccccc21. The van der Waals surface area contributed by atoms with Crippen LogP contribution in [-0.2, 0) is 0 Å². The van der Waals surface area contributed by atoms with Crippen LogP contribution < -0.4 is 4.74 Å². The van der Waals surface area contributed by atoms with Crippen molar-refractivity contribution in [2.45, 2.75) is 57.5 Å². The molecule has 0 bridgehead atoms. The summed E-state index contributed by atoms with van der Waals surface area (Å²) in [6, 6.07) is 8.37. The minimum Gasteiger partial charge on any atom is -0.493 e. The number of hydrogen-bond acceptors (Lipinski definition) is 2. The molecule has 0 radical (unpaired) electrons. The van der Waals surface area contributed by atoms with Gasteiger partial charge in [0.25, 0.3) is 0 Å². The largest absolute Gasteiger partial charge is 0.493 e. The van der Waals surface area contributed by atoms with Gasteiger partial charge in [-0.2, -0.15) is 0 Å². The molecule has 0 aromatic heterocycles. The molecule has 2 nitrogen and oxygen atoms in total. The highest BCUT2D eigenvalue weighted by Gasteiger charge is 2.20. The molecule has 18 heavy (non-hydrogen) atoms. The van der Waals surface area contributed by atoms with Crippen molar-refractivity contribution in [2.24, 2.45) is 0 Å². The predicted octanol–water partition coefficient (Wildman–Crippen LogP) is 3.88. The summed E-state index contributed by atoms with van der Waals surface area (Å²) < 4.78 is 5.67. The Kier molecular flexibility index (Phi) is 5.06. The zero-order valence-corrected chi connectivity index (χ0v) is 11.3. The second-order valence-electron chi connectivity index (χ2n) is 5.25. The normalized spacial score (nSPS) is 20.0. The third kappa shape index (κ3) is 3.49. The molecule has 2 rings (SSSR count). The molecule has 1 aliphatic rings. The number of fused-ring (bicyclic) bond motifs is 1. The van der Waals surface area contributed by atoms with Gasteiger partial charge in [0.1, 0.15) is 5.75 Å². The predicted molar refractivity (Wildman–Crippen MR) is 74.1 cm³/mol. The lowest BCUT2D eigenvalue weighted by molar-refractivity contribution is 0.148. The molecule has 0 fully saturated rings. The van der Waals surface area contributed by atoms with Crippen LogP contribution >= 0.6 is 0 Å². The first-order chi connectivity index (χ1) is 8.81. The van der Waals surface area contributed by atoms with E-state index >= 15 is 0 Å². The molecule has 0 amide bonds. The molecule has 0 spiro atoms. The number of aliphatic hydroxyl groups is 1. The zero-order valence-electron chi connectivity index (χ0n) is 11.3. The van der Waals surface area contributed by atoms with E-state index in [1.807, 2.05) is 6.07 Å². The third-order valence-corrected chi connectivity index (χ3v) is 3.79. The van der Waals surface area contributed by atoms with Crippen LogP contribution in [-0.4, -0.2) is 17.8 Å². The van der Waals surface area contributed by atoms with Gasteiger partial charge in [-0.15, -0.1) is 0 Å². The summed E-state index contributed by atoms with van der Waals surface area (Å²) in [6.07, 6.45) is 6.23. The average Bonchev–Trinajstić information content (AvgIpc) is 2.39. The van der Waals surface area contributed by atoms with Gasteiger partial charge in [0.2, 0.25) is 0 Å². The first kappa shape index (κ1) is 13.4. The van der Waals surface area contributed by atoms with Crippen molar-refractivity contribution in [3.8, 4) is 5.75 Å². The van der Waals surface area contributed by atoms with Gasteiger partial charge in [-0.3, -0.25) is 0 Å². The van der Waals surface area contributed by atoms with Crippen molar-refractivity contribution in [2.75, 3.05) is 6.61 Å². The molecule has 0 aliphatic carbocycles. The van der Waals surface area contributed by atoms with Crippen LogP contribution in [0.2, 0.25) is 0 Å². The van der Waals surface area contributed by atoms with E-state index in [4.69, 9.17) is 4.74 Å². The van der Waals surface area contributed by atoms with E-state index in [1.165, 1.54) is 12.0 Å². The van der Waals surface area contributed by atoms with Crippen molar-refractivity contribution in [1.82, 2.24) is 0 Å². The molecule has 1 aromatic rings. The Labute approximate surface area is 110 Å². The molecule has 0 saturated heterocycles. The fourth-order valence-corrected chi connectivity index (χ4v) is 2.79. The second-order valence-corrected chi connectivity index (χ2v) is 5.25. The Morgan fingerprint density at radius 1 is 1.33 bits per heavy atom. The molecule has 1 aromatic carbocycles. The maximum Gasteiger partial charge on any atom is 0.122 e. The van der Waals surface area contributed by atoms with E-state index < -0.39 is 0 Å². The fraction of sp³-hybridized carbons (Fsp3) is 0.625. The van der Waals surface area contributed by atoms with Crippen molar-refractivity contribution in [3.05, 3.63) is 29.8 Å². The lowest BCUT2D eigenvalue weighted by atomic mass is 9.88. The highest BCUT2D eigenvalue weighted by atomic mass is 16.5. The molecule has 2 heteroatoms. The van der Waals surface area contributed by atoms with Gasteiger partial charge >= 0.3 is 0 Å². The molecule has 1 heterocycles. The van der Waals surface area contributed by atoms with Gasteiger partial charge in [-0.05, 0) is 43.2 Å². The highest BCUT2D eigenvalue weighted by Crippen LogP contribution is 2.36. The minimum absolute atomic E-state index is 0.106. The summed E-state index contributed by atoms with van der Waals surface area (Å²) in [6.45, 7) is 2.96. The Morgan fingerprint density at radius 3 is 3.00 bits per heavy atom. The number of aliphatic hydroxyl groups excluding tert-OH is 1. The molecule has 0 saturated carbocycles. The van der Waals surface area contributed by atoms with Crippen molar-refractivity contribution < 1.29 is 9.84 Å². The van der Waals surface area contributed by atoms with Crippen LogP contribution in [0.5, 0.6) is 5.75 Å². The molecule has 1 aliphatic heterocycles. The van der Waals surface area contributed by atoms with Crippen molar-refractivity contribution >= 4 is 0 Å². The Morgan fingerprint density at radius 2 is 2.17 bits per heavy atom. The molecular weight excluding hydrogens is 224 g/mol. The smallest absolute Gasteiger partial charge is 0.122 e. The lowest BCUT2D eigenvalue weighted by Crippen LogP contribution is -2.15. The van der Waals surface area contributed by atoms with Gasteiger partial charge in [-0.1, -0.05) is 38.0 Å². The number of ether oxygens (including phenoxy) is 1. The average molecular weight is 248 g/mol. The summed E-state index contributed by atoms with van der Waals surface area (Å²) >= 11 is 0. The van der Waals surface area contributed by atoms with E-state index in [9.17, 15) is 5.11 Å². The van der Waals surface area contributed by atoms with E-state index in [0.29, 0.717) is 5.92 Å². The minimum atomic E-state index is -0.106. The standard InChI is InChI=1S/C16H24O2/c1-2-6-14(17)8-5-7-13-11-12-18-16-10-4-3-9-15(13)16/h3-4,9-10,13-14,17H,2,5-8,11-12H2,1H3. The molecule has 2 atom stereocenters. The van der Waals surface area contributed by atoms with E-state index in [0.717, 1.165) is 44.5 Å². The van der Waals surface area contributed by atoms with Crippen LogP contribution in [0.4, 0.5) is 0 Å². The second kappa shape index (κ2) is 6.79. The van der Waals surface area contributed by atoms with Crippen LogP contribution in [0.3, 0.4) is 0 Å². The molecular formula is C16H24O2. The monoisotopic (exact) mass is 248 g/mol. The van der Waals surface area contributed by atoms with E-state index in [1.54, 1.807) is 0 Å². The maximum absolute atomic E-state index is 9.75. The summed E-state index contributed by atoms with van der Waals surface area (Å²) in [5.41, 5.74) is 1.36. The topological polar surface area (TPSA) is 29.5 Å². The fourth-order valence-electron chi connectivity index (χ4n) is 2.79. The maximum atomic E-state index is 9.75. The van der Waals surface area contributed by atoms with Crippen LogP contribution in [0, 0.1) is 0 Å². The Hall–Kier alpha value is -1.02. The molecule has 1 N–H and O–H groups in total. The zero-order chi connectivity index (χ0) is 12.8. The highest BCUT2D eigenvalue weighted by molar-refractivity contribution is 5.37. The number of rotatable bonds is 6. The quantitative estimate of drug-likeness (QED) is 0.827. The van der Waals surface area contributed by atoms with Crippen LogP contribution in [0.15, 0.2) is 24.3 Å². The van der Waals surface area contributed by atoms with Gasteiger partial charge in [0, 0.05) is 0 Å². The van der Waals surface area contributed by atoms with Gasteiger partial charge in [0.15, 0.2) is 0 Å². The summed E-state index contributed by atoms with van der Waals surface area (Å²) in [4.78, 5) is 0. The third-order valence-electron chi connectivity index (χ3n) is 3.79. The first-order valence-corrected chi connectivity index (χ1v) is 7.21. The van der Waals surface area contributed by atoms with Gasteiger partial charge < -0.3 is 9.84 Å². The Balaban J connectivity index is 1.84. The number of benzene rings is 1. The number of para-hydroxylation sites is 1. The molecule has 100 valence electrons. The summed E-state index contributed by atoms with van der Waals surface area (Å²) in [7, 11) is 0. The first-order valence-electron chi connectivity index (χ1n) is 7.21. The van der Waals surface area contributed by atoms with Crippen LogP contribution in [0.25, 0.3) is 0 Å².